The normalized spacial score (nSPS) is 17.9. The number of nitrogens with zero attached hydrogens (tertiary/aromatic N) is 4. The molecule has 1 aliphatic heterocycles. The number of hydrogen-bond acceptors (Lipinski definition) is 3. The van der Waals surface area contributed by atoms with E-state index >= 15 is 0 Å². The Labute approximate surface area is 200 Å². The van der Waals surface area contributed by atoms with Crippen LogP contribution in [0.1, 0.15) is 45.9 Å². The summed E-state index contributed by atoms with van der Waals surface area (Å²) in [7, 11) is 0. The lowest BCUT2D eigenvalue weighted by molar-refractivity contribution is 0.310. The van der Waals surface area contributed by atoms with Crippen LogP contribution in [0.15, 0.2) is 79.3 Å². The number of thiocarbonyl (C=S) groups is 1. The minimum Gasteiger partial charge on any atom is -0.352 e. The van der Waals surface area contributed by atoms with Gasteiger partial charge in [0, 0.05) is 42.2 Å². The van der Waals surface area contributed by atoms with Crippen molar-refractivity contribution in [3.63, 3.8) is 0 Å². The summed E-state index contributed by atoms with van der Waals surface area (Å²) in [5.41, 5.74) is 8.26. The fourth-order valence-electron chi connectivity index (χ4n) is 4.78. The van der Waals surface area contributed by atoms with Gasteiger partial charge in [-0.05, 0) is 86.6 Å². The fourth-order valence-corrected chi connectivity index (χ4v) is 5.08. The third kappa shape index (κ3) is 4.02. The van der Waals surface area contributed by atoms with E-state index in [1.807, 2.05) is 42.9 Å². The van der Waals surface area contributed by atoms with Crippen LogP contribution in [-0.2, 0) is 6.54 Å². The molecular formula is C27H27N5S. The van der Waals surface area contributed by atoms with E-state index in [4.69, 9.17) is 12.2 Å². The van der Waals surface area contributed by atoms with Crippen LogP contribution in [0.5, 0.6) is 0 Å². The van der Waals surface area contributed by atoms with E-state index < -0.39 is 0 Å². The first-order chi connectivity index (χ1) is 16.0. The average Bonchev–Trinajstić information content (AvgIpc) is 3.31. The first kappa shape index (κ1) is 21.3. The molecule has 166 valence electrons. The Morgan fingerprint density at radius 3 is 2.39 bits per heavy atom. The molecule has 4 heterocycles. The van der Waals surface area contributed by atoms with Gasteiger partial charge in [0.25, 0.3) is 0 Å². The van der Waals surface area contributed by atoms with Gasteiger partial charge in [0.05, 0.1) is 17.8 Å². The topological polar surface area (TPSA) is 46.0 Å². The van der Waals surface area contributed by atoms with Crippen molar-refractivity contribution in [3.05, 3.63) is 113 Å². The SMILES string of the molecule is Cc1ccc(-n2c(C)cc([C@H]3[C@H](c4ccccn4)NC(=S)N3Cc3ccncc3)c2C)cc1. The van der Waals surface area contributed by atoms with Crippen molar-refractivity contribution in [1.29, 1.82) is 0 Å². The first-order valence-corrected chi connectivity index (χ1v) is 11.6. The third-order valence-corrected chi connectivity index (χ3v) is 6.73. The zero-order valence-corrected chi connectivity index (χ0v) is 19.9. The summed E-state index contributed by atoms with van der Waals surface area (Å²) >= 11 is 5.85. The molecular weight excluding hydrogens is 426 g/mol. The number of pyridine rings is 2. The lowest BCUT2D eigenvalue weighted by Gasteiger charge is -2.28. The van der Waals surface area contributed by atoms with Crippen molar-refractivity contribution >= 4 is 17.3 Å². The molecule has 0 bridgehead atoms. The molecule has 1 aromatic carbocycles. The number of aromatic nitrogens is 3. The highest BCUT2D eigenvalue weighted by Crippen LogP contribution is 2.42. The van der Waals surface area contributed by atoms with Gasteiger partial charge in [0.2, 0.25) is 0 Å². The van der Waals surface area contributed by atoms with E-state index in [-0.39, 0.29) is 12.1 Å². The van der Waals surface area contributed by atoms with E-state index in [1.54, 1.807) is 0 Å². The van der Waals surface area contributed by atoms with E-state index in [0.717, 1.165) is 10.8 Å². The molecule has 0 aliphatic carbocycles. The van der Waals surface area contributed by atoms with Crippen LogP contribution in [0, 0.1) is 20.8 Å². The molecule has 1 aliphatic rings. The highest BCUT2D eigenvalue weighted by Gasteiger charge is 2.41. The van der Waals surface area contributed by atoms with Crippen molar-refractivity contribution in [3.8, 4) is 5.69 Å². The molecule has 0 amide bonds. The van der Waals surface area contributed by atoms with Gasteiger partial charge in [-0.25, -0.2) is 0 Å². The molecule has 0 saturated carbocycles. The second-order valence-corrected chi connectivity index (χ2v) is 8.99. The Morgan fingerprint density at radius 1 is 0.939 bits per heavy atom. The predicted octanol–water partition coefficient (Wildman–Crippen LogP) is 5.37. The zero-order chi connectivity index (χ0) is 22.9. The fraction of sp³-hybridized carbons (Fsp3) is 0.222. The van der Waals surface area contributed by atoms with Gasteiger partial charge in [-0.15, -0.1) is 0 Å². The number of hydrogen-bond donors (Lipinski definition) is 1. The summed E-state index contributed by atoms with van der Waals surface area (Å²) in [6, 6.07) is 21.1. The zero-order valence-electron chi connectivity index (χ0n) is 19.1. The van der Waals surface area contributed by atoms with Gasteiger partial charge in [0.1, 0.15) is 0 Å². The molecule has 33 heavy (non-hydrogen) atoms. The summed E-state index contributed by atoms with van der Waals surface area (Å²) in [6.45, 7) is 7.18. The van der Waals surface area contributed by atoms with Crippen LogP contribution in [0.3, 0.4) is 0 Å². The van der Waals surface area contributed by atoms with Crippen molar-refractivity contribution in [1.82, 2.24) is 24.8 Å². The molecule has 1 saturated heterocycles. The lowest BCUT2D eigenvalue weighted by Crippen LogP contribution is -2.29. The largest absolute Gasteiger partial charge is 0.352 e. The lowest BCUT2D eigenvalue weighted by atomic mass is 9.96. The minimum atomic E-state index is -0.0347. The van der Waals surface area contributed by atoms with Gasteiger partial charge in [-0.2, -0.15) is 0 Å². The van der Waals surface area contributed by atoms with Crippen molar-refractivity contribution in [2.45, 2.75) is 39.4 Å². The van der Waals surface area contributed by atoms with E-state index in [9.17, 15) is 0 Å². The summed E-state index contributed by atoms with van der Waals surface area (Å²) in [5.74, 6) is 0. The quantitative estimate of drug-likeness (QED) is 0.412. The first-order valence-electron chi connectivity index (χ1n) is 11.2. The Hall–Kier alpha value is -3.51. The van der Waals surface area contributed by atoms with Crippen molar-refractivity contribution < 1.29 is 0 Å². The van der Waals surface area contributed by atoms with Crippen molar-refractivity contribution in [2.75, 3.05) is 0 Å². The molecule has 0 radical (unpaired) electrons. The smallest absolute Gasteiger partial charge is 0.170 e. The predicted molar refractivity (Wildman–Crippen MR) is 135 cm³/mol. The second-order valence-electron chi connectivity index (χ2n) is 8.61. The van der Waals surface area contributed by atoms with Crippen LogP contribution in [-0.4, -0.2) is 24.5 Å². The average molecular weight is 454 g/mol. The summed E-state index contributed by atoms with van der Waals surface area (Å²) in [5, 5.41) is 4.31. The molecule has 2 atom stereocenters. The maximum Gasteiger partial charge on any atom is 0.170 e. The number of nitrogens with one attached hydrogen (secondary N) is 1. The molecule has 5 rings (SSSR count). The van der Waals surface area contributed by atoms with E-state index in [1.165, 1.54) is 33.8 Å². The molecule has 5 nitrogen and oxygen atoms in total. The maximum absolute atomic E-state index is 5.85. The van der Waals surface area contributed by atoms with E-state index in [0.29, 0.717) is 6.54 Å². The molecule has 1 N–H and O–H groups in total. The maximum atomic E-state index is 5.85. The number of rotatable bonds is 5. The molecule has 1 fully saturated rings. The van der Waals surface area contributed by atoms with Crippen molar-refractivity contribution in [2.24, 2.45) is 0 Å². The molecule has 0 unspecified atom stereocenters. The number of aryl methyl sites for hydroxylation is 2. The molecule has 4 aromatic rings. The summed E-state index contributed by atoms with van der Waals surface area (Å²) < 4.78 is 2.33. The van der Waals surface area contributed by atoms with Gasteiger partial charge >= 0.3 is 0 Å². The minimum absolute atomic E-state index is 0.0194. The van der Waals surface area contributed by atoms with Crippen LogP contribution < -0.4 is 5.32 Å². The van der Waals surface area contributed by atoms with Gasteiger partial charge in [-0.1, -0.05) is 23.8 Å². The van der Waals surface area contributed by atoms with Gasteiger partial charge in [-0.3, -0.25) is 9.97 Å². The Kier molecular flexibility index (Phi) is 5.68. The van der Waals surface area contributed by atoms with Crippen LogP contribution in [0.2, 0.25) is 0 Å². The summed E-state index contributed by atoms with van der Waals surface area (Å²) in [6.07, 6.45) is 5.50. The van der Waals surface area contributed by atoms with Crippen LogP contribution >= 0.6 is 12.2 Å². The highest BCUT2D eigenvalue weighted by molar-refractivity contribution is 7.80. The highest BCUT2D eigenvalue weighted by atomic mass is 32.1. The van der Waals surface area contributed by atoms with Crippen LogP contribution in [0.25, 0.3) is 5.69 Å². The monoisotopic (exact) mass is 453 g/mol. The Balaban J connectivity index is 1.61. The molecule has 6 heteroatoms. The summed E-state index contributed by atoms with van der Waals surface area (Å²) in [4.78, 5) is 11.1. The van der Waals surface area contributed by atoms with Gasteiger partial charge < -0.3 is 14.8 Å². The van der Waals surface area contributed by atoms with E-state index in [2.05, 4.69) is 81.9 Å². The second kappa shape index (κ2) is 8.79. The Bertz CT molecular complexity index is 1270. The number of benzene rings is 1. The molecule has 3 aromatic heterocycles. The Morgan fingerprint density at radius 2 is 1.70 bits per heavy atom. The molecule has 0 spiro atoms. The van der Waals surface area contributed by atoms with Gasteiger partial charge in [0.15, 0.2) is 5.11 Å². The van der Waals surface area contributed by atoms with Crippen LogP contribution in [0.4, 0.5) is 0 Å². The standard InChI is InChI=1S/C27H27N5S/c1-18-7-9-22(10-8-18)32-19(2)16-23(20(32)3)26-25(24-6-4-5-13-29-24)30-27(33)31(26)17-21-11-14-28-15-12-21/h4-16,25-26H,17H2,1-3H3,(H,30,33)/t25-,26-/m0/s1. The third-order valence-electron chi connectivity index (χ3n) is 6.38.